The molecule has 8 heteroatoms. The predicted molar refractivity (Wildman–Crippen MR) is 122 cm³/mol. The zero-order valence-electron chi connectivity index (χ0n) is 16.0. The zero-order valence-corrected chi connectivity index (χ0v) is 19.2. The lowest BCUT2D eigenvalue weighted by molar-refractivity contribution is 0.0324. The molecule has 5 rings (SSSR count). The van der Waals surface area contributed by atoms with E-state index in [2.05, 4.69) is 67.6 Å². The van der Waals surface area contributed by atoms with Crippen LogP contribution in [0.2, 0.25) is 0 Å². The molecule has 3 heterocycles. The first kappa shape index (κ1) is 19.6. The molecule has 2 aromatic heterocycles. The van der Waals surface area contributed by atoms with Crippen LogP contribution in [0.5, 0.6) is 0 Å². The van der Waals surface area contributed by atoms with E-state index in [-0.39, 0.29) is 5.54 Å². The summed E-state index contributed by atoms with van der Waals surface area (Å²) in [6, 6.07) is 13.3. The quantitative estimate of drug-likeness (QED) is 0.463. The molecule has 2 aliphatic rings. The van der Waals surface area contributed by atoms with Crippen molar-refractivity contribution in [3.63, 3.8) is 0 Å². The van der Waals surface area contributed by atoms with Crippen LogP contribution in [0.3, 0.4) is 0 Å². The summed E-state index contributed by atoms with van der Waals surface area (Å²) in [5.74, 6) is 0.999. The van der Waals surface area contributed by atoms with E-state index in [1.165, 1.54) is 23.3 Å². The Balaban J connectivity index is 1.45. The van der Waals surface area contributed by atoms with Gasteiger partial charge in [-0.05, 0) is 67.0 Å². The van der Waals surface area contributed by atoms with Gasteiger partial charge in [0.05, 0.1) is 11.5 Å². The van der Waals surface area contributed by atoms with Gasteiger partial charge in [-0.15, -0.1) is 16.4 Å². The number of nitrogens with one attached hydrogen (secondary N) is 1. The Morgan fingerprint density at radius 1 is 1.21 bits per heavy atom. The van der Waals surface area contributed by atoms with Crippen molar-refractivity contribution in [3.8, 4) is 10.7 Å². The second kappa shape index (κ2) is 8.07. The highest BCUT2D eigenvalue weighted by Crippen LogP contribution is 2.39. The Bertz CT molecular complexity index is 1030. The van der Waals surface area contributed by atoms with Crippen LogP contribution in [-0.2, 0) is 16.9 Å². The third kappa shape index (κ3) is 3.88. The Labute approximate surface area is 187 Å². The van der Waals surface area contributed by atoms with Gasteiger partial charge in [-0.25, -0.2) is 4.68 Å². The standard InChI is InChI=1S/C21H23BrN4OS2/c22-16-5-3-15(4-6-16)21(9-11-27-12-10-21)23-14-25-20(28)26(17-7-8-17)19(24-25)18-2-1-13-29-18/h1-6,13,17,23H,7-12,14H2. The smallest absolute Gasteiger partial charge is 0.199 e. The average molecular weight is 491 g/mol. The number of rotatable bonds is 6. The highest BCUT2D eigenvalue weighted by molar-refractivity contribution is 9.10. The lowest BCUT2D eigenvalue weighted by Gasteiger charge is -2.38. The van der Waals surface area contributed by atoms with Crippen molar-refractivity contribution >= 4 is 39.5 Å². The van der Waals surface area contributed by atoms with Crippen molar-refractivity contribution in [2.24, 2.45) is 0 Å². The molecule has 29 heavy (non-hydrogen) atoms. The predicted octanol–water partition coefficient (Wildman–Crippen LogP) is 5.49. The van der Waals surface area contributed by atoms with Crippen LogP contribution in [0.25, 0.3) is 10.7 Å². The van der Waals surface area contributed by atoms with Crippen LogP contribution in [0.15, 0.2) is 46.3 Å². The van der Waals surface area contributed by atoms with E-state index in [1.54, 1.807) is 11.3 Å². The number of thiophene rings is 1. The van der Waals surface area contributed by atoms with Gasteiger partial charge in [-0.2, -0.15) is 0 Å². The number of hydrogen-bond donors (Lipinski definition) is 1. The van der Waals surface area contributed by atoms with E-state index >= 15 is 0 Å². The van der Waals surface area contributed by atoms with Crippen LogP contribution in [0.4, 0.5) is 0 Å². The van der Waals surface area contributed by atoms with Gasteiger partial charge in [0.15, 0.2) is 10.6 Å². The minimum absolute atomic E-state index is 0.125. The first-order chi connectivity index (χ1) is 14.2. The highest BCUT2D eigenvalue weighted by atomic mass is 79.9. The van der Waals surface area contributed by atoms with Crippen molar-refractivity contribution in [2.75, 3.05) is 13.2 Å². The first-order valence-electron chi connectivity index (χ1n) is 9.98. The van der Waals surface area contributed by atoms with E-state index in [9.17, 15) is 0 Å². The van der Waals surface area contributed by atoms with Crippen molar-refractivity contribution in [1.82, 2.24) is 19.7 Å². The number of aromatic nitrogens is 3. The van der Waals surface area contributed by atoms with E-state index < -0.39 is 0 Å². The molecule has 0 atom stereocenters. The van der Waals surface area contributed by atoms with Crippen LogP contribution < -0.4 is 5.32 Å². The summed E-state index contributed by atoms with van der Waals surface area (Å²) >= 11 is 11.1. The van der Waals surface area contributed by atoms with Gasteiger partial charge in [-0.3, -0.25) is 9.88 Å². The maximum Gasteiger partial charge on any atom is 0.199 e. The maximum absolute atomic E-state index is 5.84. The van der Waals surface area contributed by atoms with Gasteiger partial charge < -0.3 is 4.74 Å². The lowest BCUT2D eigenvalue weighted by atomic mass is 9.83. The molecule has 0 bridgehead atoms. The first-order valence-corrected chi connectivity index (χ1v) is 12.1. The Kier molecular flexibility index (Phi) is 5.47. The number of hydrogen-bond acceptors (Lipinski definition) is 5. The molecular formula is C21H23BrN4OS2. The minimum Gasteiger partial charge on any atom is -0.381 e. The molecule has 0 spiro atoms. The lowest BCUT2D eigenvalue weighted by Crippen LogP contribution is -2.47. The summed E-state index contributed by atoms with van der Waals surface area (Å²) in [6.07, 6.45) is 4.24. The molecule has 1 aromatic carbocycles. The fraction of sp³-hybridized carbons (Fsp3) is 0.429. The maximum atomic E-state index is 5.84. The van der Waals surface area contributed by atoms with Crippen LogP contribution >= 0.6 is 39.5 Å². The van der Waals surface area contributed by atoms with Gasteiger partial charge in [0.2, 0.25) is 0 Å². The molecule has 2 fully saturated rings. The van der Waals surface area contributed by atoms with Crippen molar-refractivity contribution in [2.45, 2.75) is 43.9 Å². The Morgan fingerprint density at radius 3 is 2.62 bits per heavy atom. The third-order valence-electron chi connectivity index (χ3n) is 5.83. The van der Waals surface area contributed by atoms with Crippen LogP contribution in [0, 0.1) is 4.77 Å². The molecule has 3 aromatic rings. The van der Waals surface area contributed by atoms with Crippen molar-refractivity contribution < 1.29 is 4.74 Å². The zero-order chi connectivity index (χ0) is 19.8. The van der Waals surface area contributed by atoms with Crippen LogP contribution in [-0.4, -0.2) is 27.6 Å². The number of ether oxygens (including phenoxy) is 1. The summed E-state index contributed by atoms with van der Waals surface area (Å²) in [4.78, 5) is 1.18. The molecular weight excluding hydrogens is 468 g/mol. The molecule has 1 aliphatic heterocycles. The van der Waals surface area contributed by atoms with Gasteiger partial charge in [0.25, 0.3) is 0 Å². The molecule has 1 saturated heterocycles. The van der Waals surface area contributed by atoms with Crippen molar-refractivity contribution in [3.05, 3.63) is 56.6 Å². The summed E-state index contributed by atoms with van der Waals surface area (Å²) in [6.45, 7) is 2.10. The topological polar surface area (TPSA) is 44.0 Å². The largest absolute Gasteiger partial charge is 0.381 e. The second-order valence-electron chi connectivity index (χ2n) is 7.72. The summed E-state index contributed by atoms with van der Waals surface area (Å²) < 4.78 is 11.8. The molecule has 1 N–H and O–H groups in total. The SMILES string of the molecule is S=c1n(CNC2(c3ccc(Br)cc3)CCOCC2)nc(-c2cccs2)n1C1CC1. The fourth-order valence-electron chi connectivity index (χ4n) is 4.04. The summed E-state index contributed by atoms with van der Waals surface area (Å²) in [5, 5.41) is 10.8. The molecule has 0 amide bonds. The van der Waals surface area contributed by atoms with E-state index in [0.29, 0.717) is 12.7 Å². The monoisotopic (exact) mass is 490 g/mol. The number of halogens is 1. The molecule has 0 radical (unpaired) electrons. The van der Waals surface area contributed by atoms with Gasteiger partial charge in [-0.1, -0.05) is 34.1 Å². The Morgan fingerprint density at radius 2 is 1.97 bits per heavy atom. The fourth-order valence-corrected chi connectivity index (χ4v) is 5.35. The third-order valence-corrected chi connectivity index (χ3v) is 7.64. The van der Waals surface area contributed by atoms with E-state index in [1.807, 2.05) is 4.68 Å². The number of nitrogens with zero attached hydrogens (tertiary/aromatic N) is 3. The van der Waals surface area contributed by atoms with Crippen molar-refractivity contribution in [1.29, 1.82) is 0 Å². The van der Waals surface area contributed by atoms with Gasteiger partial charge in [0, 0.05) is 29.3 Å². The molecule has 1 aliphatic carbocycles. The normalized spacial score (nSPS) is 18.8. The molecule has 152 valence electrons. The van der Waals surface area contributed by atoms with E-state index in [0.717, 1.165) is 41.1 Å². The van der Waals surface area contributed by atoms with Gasteiger partial charge >= 0.3 is 0 Å². The summed E-state index contributed by atoms with van der Waals surface area (Å²) in [7, 11) is 0. The van der Waals surface area contributed by atoms with Gasteiger partial charge in [0.1, 0.15) is 0 Å². The van der Waals surface area contributed by atoms with Crippen LogP contribution in [0.1, 0.15) is 37.3 Å². The Hall–Kier alpha value is -1.32. The van der Waals surface area contributed by atoms with E-state index in [4.69, 9.17) is 22.1 Å². The molecule has 5 nitrogen and oxygen atoms in total. The molecule has 0 unspecified atom stereocenters. The number of benzene rings is 1. The minimum atomic E-state index is -0.125. The molecule has 1 saturated carbocycles. The highest BCUT2D eigenvalue weighted by Gasteiger charge is 2.35. The summed E-state index contributed by atoms with van der Waals surface area (Å²) in [5.41, 5.74) is 1.16. The average Bonchev–Trinajstić information content (AvgIpc) is 3.31. The second-order valence-corrected chi connectivity index (χ2v) is 9.95.